The second-order valence-electron chi connectivity index (χ2n) is 7.43. The van der Waals surface area contributed by atoms with E-state index < -0.39 is 12.4 Å². The number of rotatable bonds is 6. The molecule has 0 aliphatic carbocycles. The van der Waals surface area contributed by atoms with Crippen LogP contribution in [-0.2, 0) is 4.79 Å². The normalized spacial score (nSPS) is 17.1. The van der Waals surface area contributed by atoms with E-state index in [2.05, 4.69) is 10.1 Å². The van der Waals surface area contributed by atoms with Crippen LogP contribution in [0.2, 0.25) is 0 Å². The molecule has 0 aromatic heterocycles. The standard InChI is InChI=1S/C25H21F3N2O2/c1-17(18-8-4-2-5-9-18)29-22-16-23(19-10-6-3-7-11-19)30(24(22)31)20-12-14-21(15-13-20)32-25(26,27)28/h2-17,23,29H,1H3/t17-,23+/m1/s1. The number of carbonyl (C=O) groups excluding carboxylic acids is 1. The van der Waals surface area contributed by atoms with Gasteiger partial charge in [-0.1, -0.05) is 60.7 Å². The summed E-state index contributed by atoms with van der Waals surface area (Å²) in [5.41, 5.74) is 2.83. The van der Waals surface area contributed by atoms with E-state index in [4.69, 9.17) is 0 Å². The SMILES string of the molecule is C[C@@H](NC1=C[C@@H](c2ccccc2)N(c2ccc(OC(F)(F)F)cc2)C1=O)c1ccccc1. The Bertz CT molecular complexity index is 1100. The predicted molar refractivity (Wildman–Crippen MR) is 116 cm³/mol. The molecule has 4 rings (SSSR count). The van der Waals surface area contributed by atoms with E-state index in [1.807, 2.05) is 73.7 Å². The van der Waals surface area contributed by atoms with Crippen molar-refractivity contribution in [1.82, 2.24) is 5.32 Å². The minimum absolute atomic E-state index is 0.106. The Labute approximate surface area is 183 Å². The van der Waals surface area contributed by atoms with Gasteiger partial charge in [0.15, 0.2) is 0 Å². The number of hydrogen-bond acceptors (Lipinski definition) is 3. The first-order valence-corrected chi connectivity index (χ1v) is 10.1. The van der Waals surface area contributed by atoms with E-state index in [1.54, 1.807) is 4.90 Å². The van der Waals surface area contributed by atoms with Gasteiger partial charge >= 0.3 is 6.36 Å². The summed E-state index contributed by atoms with van der Waals surface area (Å²) in [6.45, 7) is 1.97. The third-order valence-corrected chi connectivity index (χ3v) is 5.21. The number of nitrogens with zero attached hydrogens (tertiary/aromatic N) is 1. The van der Waals surface area contributed by atoms with Crippen molar-refractivity contribution in [3.05, 3.63) is 108 Å². The highest BCUT2D eigenvalue weighted by Crippen LogP contribution is 2.36. The van der Waals surface area contributed by atoms with Gasteiger partial charge in [0.05, 0.1) is 11.7 Å². The lowest BCUT2D eigenvalue weighted by atomic mass is 10.1. The van der Waals surface area contributed by atoms with Crippen LogP contribution >= 0.6 is 0 Å². The van der Waals surface area contributed by atoms with Crippen LogP contribution in [0.1, 0.15) is 30.1 Å². The Balaban J connectivity index is 1.63. The molecular weight excluding hydrogens is 417 g/mol. The molecule has 1 aliphatic rings. The van der Waals surface area contributed by atoms with Crippen molar-refractivity contribution in [3.63, 3.8) is 0 Å². The largest absolute Gasteiger partial charge is 0.573 e. The minimum Gasteiger partial charge on any atom is -0.406 e. The Morgan fingerprint density at radius 1 is 0.906 bits per heavy atom. The molecule has 1 amide bonds. The quantitative estimate of drug-likeness (QED) is 0.520. The molecule has 0 bridgehead atoms. The van der Waals surface area contributed by atoms with E-state index in [0.717, 1.165) is 11.1 Å². The number of benzene rings is 3. The fourth-order valence-corrected chi connectivity index (χ4v) is 3.71. The molecule has 7 heteroatoms. The molecule has 2 atom stereocenters. The fourth-order valence-electron chi connectivity index (χ4n) is 3.71. The molecule has 164 valence electrons. The lowest BCUT2D eigenvalue weighted by Gasteiger charge is -2.26. The second-order valence-corrected chi connectivity index (χ2v) is 7.43. The smallest absolute Gasteiger partial charge is 0.406 e. The van der Waals surface area contributed by atoms with Crippen LogP contribution in [0.3, 0.4) is 0 Å². The molecule has 0 fully saturated rings. The fraction of sp³-hybridized carbons (Fsp3) is 0.160. The van der Waals surface area contributed by atoms with Crippen LogP contribution in [0.25, 0.3) is 0 Å². The van der Waals surface area contributed by atoms with Crippen LogP contribution in [0.4, 0.5) is 18.9 Å². The van der Waals surface area contributed by atoms with E-state index in [1.165, 1.54) is 24.3 Å². The number of hydrogen-bond donors (Lipinski definition) is 1. The maximum absolute atomic E-state index is 13.4. The molecule has 4 nitrogen and oxygen atoms in total. The number of amides is 1. The van der Waals surface area contributed by atoms with E-state index in [0.29, 0.717) is 11.4 Å². The monoisotopic (exact) mass is 438 g/mol. The van der Waals surface area contributed by atoms with Crippen molar-refractivity contribution in [1.29, 1.82) is 0 Å². The average molecular weight is 438 g/mol. The Hall–Kier alpha value is -3.74. The number of nitrogens with one attached hydrogen (secondary N) is 1. The third-order valence-electron chi connectivity index (χ3n) is 5.21. The zero-order valence-electron chi connectivity index (χ0n) is 17.2. The summed E-state index contributed by atoms with van der Waals surface area (Å²) in [7, 11) is 0. The highest BCUT2D eigenvalue weighted by Gasteiger charge is 2.36. The van der Waals surface area contributed by atoms with Crippen molar-refractivity contribution in [2.24, 2.45) is 0 Å². The topological polar surface area (TPSA) is 41.6 Å². The number of alkyl halides is 3. The molecule has 1 N–H and O–H groups in total. The molecular formula is C25H21F3N2O2. The van der Waals surface area contributed by atoms with Crippen molar-refractivity contribution in [3.8, 4) is 5.75 Å². The predicted octanol–water partition coefficient (Wildman–Crippen LogP) is 5.91. The highest BCUT2D eigenvalue weighted by molar-refractivity contribution is 6.08. The first-order chi connectivity index (χ1) is 15.3. The van der Waals surface area contributed by atoms with Gasteiger partial charge in [-0.2, -0.15) is 0 Å². The van der Waals surface area contributed by atoms with Crippen LogP contribution in [0.15, 0.2) is 96.7 Å². The van der Waals surface area contributed by atoms with Crippen molar-refractivity contribution < 1.29 is 22.7 Å². The summed E-state index contributed by atoms with van der Waals surface area (Å²) in [5, 5.41) is 3.28. The minimum atomic E-state index is -4.77. The van der Waals surface area contributed by atoms with Crippen LogP contribution < -0.4 is 15.0 Å². The first kappa shape index (κ1) is 21.5. The van der Waals surface area contributed by atoms with E-state index >= 15 is 0 Å². The zero-order chi connectivity index (χ0) is 22.7. The number of carbonyl (C=O) groups is 1. The second kappa shape index (κ2) is 8.78. The van der Waals surface area contributed by atoms with Gasteiger partial charge in [-0.25, -0.2) is 0 Å². The number of anilines is 1. The molecule has 3 aromatic carbocycles. The highest BCUT2D eigenvalue weighted by atomic mass is 19.4. The molecule has 3 aromatic rings. The Kier molecular flexibility index (Phi) is 5.90. The molecule has 1 aliphatic heterocycles. The van der Waals surface area contributed by atoms with Gasteiger partial charge in [-0.15, -0.1) is 13.2 Å². The average Bonchev–Trinajstić information content (AvgIpc) is 3.10. The van der Waals surface area contributed by atoms with Gasteiger partial charge in [-0.05, 0) is 48.4 Å². The number of ether oxygens (including phenoxy) is 1. The van der Waals surface area contributed by atoms with E-state index in [-0.39, 0.29) is 17.7 Å². The summed E-state index contributed by atoms with van der Waals surface area (Å²) >= 11 is 0. The van der Waals surface area contributed by atoms with Gasteiger partial charge in [-0.3, -0.25) is 9.69 Å². The summed E-state index contributed by atoms with van der Waals surface area (Å²) in [4.78, 5) is 14.9. The first-order valence-electron chi connectivity index (χ1n) is 10.1. The van der Waals surface area contributed by atoms with Crippen molar-refractivity contribution in [2.75, 3.05) is 4.90 Å². The van der Waals surface area contributed by atoms with Gasteiger partial charge in [0.25, 0.3) is 5.91 Å². The summed E-state index contributed by atoms with van der Waals surface area (Å²) in [5.74, 6) is -0.598. The third kappa shape index (κ3) is 4.77. The Morgan fingerprint density at radius 3 is 2.09 bits per heavy atom. The van der Waals surface area contributed by atoms with Crippen LogP contribution in [-0.4, -0.2) is 12.3 Å². The molecule has 0 unspecified atom stereocenters. The molecule has 0 radical (unpaired) electrons. The maximum Gasteiger partial charge on any atom is 0.573 e. The Morgan fingerprint density at radius 2 is 1.50 bits per heavy atom. The van der Waals surface area contributed by atoms with E-state index in [9.17, 15) is 18.0 Å². The van der Waals surface area contributed by atoms with Crippen molar-refractivity contribution >= 4 is 11.6 Å². The molecule has 32 heavy (non-hydrogen) atoms. The molecule has 0 saturated carbocycles. The zero-order valence-corrected chi connectivity index (χ0v) is 17.2. The van der Waals surface area contributed by atoms with Gasteiger partial charge in [0, 0.05) is 11.7 Å². The van der Waals surface area contributed by atoms with Crippen molar-refractivity contribution in [2.45, 2.75) is 25.4 Å². The lowest BCUT2D eigenvalue weighted by molar-refractivity contribution is -0.274. The van der Waals surface area contributed by atoms with Gasteiger partial charge in [0.2, 0.25) is 0 Å². The van der Waals surface area contributed by atoms with Crippen LogP contribution in [0.5, 0.6) is 5.75 Å². The lowest BCUT2D eigenvalue weighted by Crippen LogP contribution is -2.33. The van der Waals surface area contributed by atoms with Gasteiger partial charge in [0.1, 0.15) is 5.75 Å². The number of halogens is 3. The molecule has 1 heterocycles. The summed E-state index contributed by atoms with van der Waals surface area (Å²) in [6.07, 6.45) is -2.93. The molecule has 0 saturated heterocycles. The summed E-state index contributed by atoms with van der Waals surface area (Å²) < 4.78 is 41.4. The van der Waals surface area contributed by atoms with Gasteiger partial charge < -0.3 is 10.1 Å². The molecule has 0 spiro atoms. The maximum atomic E-state index is 13.4. The summed E-state index contributed by atoms with van der Waals surface area (Å²) in [6, 6.07) is 24.0. The van der Waals surface area contributed by atoms with Crippen LogP contribution in [0, 0.1) is 0 Å².